The first kappa shape index (κ1) is 17.8. The molecule has 0 atom stereocenters. The van der Waals surface area contributed by atoms with Crippen molar-refractivity contribution in [3.05, 3.63) is 69.2 Å². The van der Waals surface area contributed by atoms with E-state index >= 15 is 0 Å². The van der Waals surface area contributed by atoms with Crippen LogP contribution in [0.25, 0.3) is 0 Å². The molecule has 0 saturated carbocycles. The molecule has 130 valence electrons. The number of fused-ring (bicyclic) bond motifs is 1. The Morgan fingerprint density at radius 3 is 2.56 bits per heavy atom. The van der Waals surface area contributed by atoms with Crippen LogP contribution in [0.3, 0.4) is 0 Å². The van der Waals surface area contributed by atoms with Gasteiger partial charge in [-0.3, -0.25) is 9.59 Å². The summed E-state index contributed by atoms with van der Waals surface area (Å²) < 4.78 is 0. The van der Waals surface area contributed by atoms with Gasteiger partial charge in [-0.05, 0) is 35.7 Å². The van der Waals surface area contributed by atoms with Crippen molar-refractivity contribution in [1.82, 2.24) is 10.2 Å². The normalized spacial score (nSPS) is 13.3. The third kappa shape index (κ3) is 4.33. The van der Waals surface area contributed by atoms with E-state index in [-0.39, 0.29) is 24.8 Å². The topological polar surface area (TPSA) is 49.4 Å². The molecule has 1 aliphatic rings. The number of amides is 2. The van der Waals surface area contributed by atoms with Gasteiger partial charge in [0.05, 0.1) is 10.0 Å². The third-order valence-electron chi connectivity index (χ3n) is 4.29. The molecule has 1 heterocycles. The number of benzene rings is 2. The summed E-state index contributed by atoms with van der Waals surface area (Å²) in [6, 6.07) is 12.9. The molecule has 0 saturated heterocycles. The molecule has 2 aromatic carbocycles. The van der Waals surface area contributed by atoms with Crippen LogP contribution in [0.2, 0.25) is 10.0 Å². The summed E-state index contributed by atoms with van der Waals surface area (Å²) in [6.07, 6.45) is 1.15. The van der Waals surface area contributed by atoms with Gasteiger partial charge in [-0.15, -0.1) is 0 Å². The smallest absolute Gasteiger partial charge is 0.251 e. The Labute approximate surface area is 156 Å². The molecule has 0 fully saturated rings. The summed E-state index contributed by atoms with van der Waals surface area (Å²) in [5, 5.41) is 3.48. The second-order valence-corrected chi connectivity index (χ2v) is 6.78. The van der Waals surface area contributed by atoms with Gasteiger partial charge in [0.15, 0.2) is 0 Å². The summed E-state index contributed by atoms with van der Waals surface area (Å²) in [5.41, 5.74) is 2.93. The second-order valence-electron chi connectivity index (χ2n) is 5.97. The highest BCUT2D eigenvalue weighted by Gasteiger charge is 2.20. The molecule has 2 aromatic rings. The zero-order valence-corrected chi connectivity index (χ0v) is 15.1. The number of nitrogens with one attached hydrogen (secondary N) is 1. The number of nitrogens with zero attached hydrogens (tertiary/aromatic N) is 1. The fraction of sp³-hybridized carbons (Fsp3) is 0.263. The van der Waals surface area contributed by atoms with Gasteiger partial charge < -0.3 is 10.2 Å². The van der Waals surface area contributed by atoms with Crippen molar-refractivity contribution in [2.45, 2.75) is 19.4 Å². The predicted molar refractivity (Wildman–Crippen MR) is 99.0 cm³/mol. The van der Waals surface area contributed by atoms with Crippen LogP contribution >= 0.6 is 23.2 Å². The van der Waals surface area contributed by atoms with Gasteiger partial charge in [0.25, 0.3) is 5.91 Å². The molecule has 0 bridgehead atoms. The molecule has 0 aromatic heterocycles. The summed E-state index contributed by atoms with van der Waals surface area (Å²) in [5.74, 6) is -0.223. The van der Waals surface area contributed by atoms with E-state index in [0.29, 0.717) is 22.2 Å². The van der Waals surface area contributed by atoms with Crippen LogP contribution in [0.1, 0.15) is 27.9 Å². The van der Waals surface area contributed by atoms with Crippen LogP contribution in [-0.2, 0) is 17.8 Å². The van der Waals surface area contributed by atoms with E-state index in [4.69, 9.17) is 23.2 Å². The molecule has 1 aliphatic heterocycles. The molecule has 0 aliphatic carbocycles. The highest BCUT2D eigenvalue weighted by atomic mass is 35.5. The summed E-state index contributed by atoms with van der Waals surface area (Å²) in [7, 11) is 0. The van der Waals surface area contributed by atoms with Crippen LogP contribution < -0.4 is 5.32 Å². The lowest BCUT2D eigenvalue weighted by Crippen LogP contribution is -2.38. The van der Waals surface area contributed by atoms with E-state index < -0.39 is 0 Å². The number of rotatable bonds is 4. The van der Waals surface area contributed by atoms with Gasteiger partial charge in [0, 0.05) is 31.6 Å². The highest BCUT2D eigenvalue weighted by Crippen LogP contribution is 2.22. The fourth-order valence-corrected chi connectivity index (χ4v) is 3.19. The molecule has 6 heteroatoms. The summed E-state index contributed by atoms with van der Waals surface area (Å²) >= 11 is 11.8. The first-order chi connectivity index (χ1) is 12.0. The SMILES string of the molecule is O=C(NCCC(=O)N1CCc2ccccc2C1)c1ccc(Cl)c(Cl)c1. The molecule has 25 heavy (non-hydrogen) atoms. The predicted octanol–water partition coefficient (Wildman–Crippen LogP) is 3.70. The number of halogens is 2. The van der Waals surface area contributed by atoms with Crippen LogP contribution in [0.15, 0.2) is 42.5 Å². The zero-order valence-electron chi connectivity index (χ0n) is 13.6. The van der Waals surface area contributed by atoms with Crippen LogP contribution in [0.5, 0.6) is 0 Å². The Hall–Kier alpha value is -2.04. The fourth-order valence-electron chi connectivity index (χ4n) is 2.89. The van der Waals surface area contributed by atoms with Gasteiger partial charge in [-0.25, -0.2) is 0 Å². The van der Waals surface area contributed by atoms with Gasteiger partial charge in [0.2, 0.25) is 5.91 Å². The maximum atomic E-state index is 12.4. The van der Waals surface area contributed by atoms with E-state index in [2.05, 4.69) is 17.4 Å². The minimum absolute atomic E-state index is 0.0453. The first-order valence-electron chi connectivity index (χ1n) is 8.12. The van der Waals surface area contributed by atoms with E-state index in [1.807, 2.05) is 17.0 Å². The molecule has 0 unspecified atom stereocenters. The third-order valence-corrected chi connectivity index (χ3v) is 5.03. The van der Waals surface area contributed by atoms with E-state index in [9.17, 15) is 9.59 Å². The molecule has 3 rings (SSSR count). The molecular weight excluding hydrogens is 359 g/mol. The van der Waals surface area contributed by atoms with Gasteiger partial charge in [-0.1, -0.05) is 47.5 Å². The summed E-state index contributed by atoms with van der Waals surface area (Å²) in [6.45, 7) is 1.64. The Balaban J connectivity index is 1.50. The quantitative estimate of drug-likeness (QED) is 0.884. The van der Waals surface area contributed by atoms with E-state index in [1.165, 1.54) is 17.2 Å². The Morgan fingerprint density at radius 1 is 1.04 bits per heavy atom. The van der Waals surface area contributed by atoms with Gasteiger partial charge in [0.1, 0.15) is 0 Å². The van der Waals surface area contributed by atoms with Crippen molar-refractivity contribution in [2.75, 3.05) is 13.1 Å². The molecule has 4 nitrogen and oxygen atoms in total. The minimum atomic E-state index is -0.268. The molecule has 0 spiro atoms. The van der Waals surface area contributed by atoms with Gasteiger partial charge >= 0.3 is 0 Å². The number of carbonyl (C=O) groups is 2. The van der Waals surface area contributed by atoms with E-state index in [0.717, 1.165) is 13.0 Å². The maximum absolute atomic E-state index is 12.4. The zero-order chi connectivity index (χ0) is 17.8. The standard InChI is InChI=1S/C19H18Cl2N2O2/c20-16-6-5-14(11-17(16)21)19(25)22-9-7-18(24)23-10-8-13-3-1-2-4-15(13)12-23/h1-6,11H,7-10,12H2,(H,22,25). The van der Waals surface area contributed by atoms with Crippen molar-refractivity contribution >= 4 is 35.0 Å². The molecular formula is C19H18Cl2N2O2. The average molecular weight is 377 g/mol. The maximum Gasteiger partial charge on any atom is 0.251 e. The Bertz CT molecular complexity index is 808. The lowest BCUT2D eigenvalue weighted by Gasteiger charge is -2.29. The monoisotopic (exact) mass is 376 g/mol. The van der Waals surface area contributed by atoms with E-state index in [1.54, 1.807) is 12.1 Å². The Kier molecular flexibility index (Phi) is 5.61. The van der Waals surface area contributed by atoms with Gasteiger partial charge in [-0.2, -0.15) is 0 Å². The number of hydrogen-bond acceptors (Lipinski definition) is 2. The second kappa shape index (κ2) is 7.89. The van der Waals surface area contributed by atoms with Crippen molar-refractivity contribution in [2.24, 2.45) is 0 Å². The molecule has 2 amide bonds. The average Bonchev–Trinajstić information content (AvgIpc) is 2.63. The minimum Gasteiger partial charge on any atom is -0.352 e. The van der Waals surface area contributed by atoms with Crippen molar-refractivity contribution in [3.8, 4) is 0 Å². The molecule has 0 radical (unpaired) electrons. The largest absolute Gasteiger partial charge is 0.352 e. The molecule has 1 N–H and O–H groups in total. The van der Waals surface area contributed by atoms with Crippen LogP contribution in [-0.4, -0.2) is 29.8 Å². The van der Waals surface area contributed by atoms with Crippen molar-refractivity contribution in [3.63, 3.8) is 0 Å². The lowest BCUT2D eigenvalue weighted by atomic mass is 10.00. The number of hydrogen-bond donors (Lipinski definition) is 1. The van der Waals surface area contributed by atoms with Crippen LogP contribution in [0, 0.1) is 0 Å². The lowest BCUT2D eigenvalue weighted by molar-refractivity contribution is -0.131. The first-order valence-corrected chi connectivity index (χ1v) is 8.88. The van der Waals surface area contributed by atoms with Crippen LogP contribution in [0.4, 0.5) is 0 Å². The number of carbonyl (C=O) groups excluding carboxylic acids is 2. The highest BCUT2D eigenvalue weighted by molar-refractivity contribution is 6.42. The Morgan fingerprint density at radius 2 is 1.80 bits per heavy atom. The van der Waals surface area contributed by atoms with Crippen molar-refractivity contribution in [1.29, 1.82) is 0 Å². The summed E-state index contributed by atoms with van der Waals surface area (Å²) in [4.78, 5) is 26.3. The van der Waals surface area contributed by atoms with Crippen molar-refractivity contribution < 1.29 is 9.59 Å².